The summed E-state index contributed by atoms with van der Waals surface area (Å²) < 4.78 is 0. The van der Waals surface area contributed by atoms with Crippen LogP contribution in [-0.4, -0.2) is 17.6 Å². The summed E-state index contributed by atoms with van der Waals surface area (Å²) >= 11 is 19.1. The first kappa shape index (κ1) is 21.5. The van der Waals surface area contributed by atoms with Crippen LogP contribution < -0.4 is 10.6 Å². The van der Waals surface area contributed by atoms with Gasteiger partial charge in [-0.25, -0.2) is 0 Å². The van der Waals surface area contributed by atoms with E-state index in [0.717, 1.165) is 4.90 Å². The van der Waals surface area contributed by atoms with Crippen LogP contribution in [0, 0.1) is 0 Å². The Balaban J connectivity index is 1.52. The Morgan fingerprint density at radius 3 is 2.10 bits per heavy atom. The van der Waals surface area contributed by atoms with Gasteiger partial charge in [0, 0.05) is 36.9 Å². The van der Waals surface area contributed by atoms with Gasteiger partial charge in [0.2, 0.25) is 5.91 Å². The summed E-state index contributed by atoms with van der Waals surface area (Å²) in [6, 6.07) is 18.8. The summed E-state index contributed by atoms with van der Waals surface area (Å²) in [7, 11) is 0. The molecule has 0 aliphatic carbocycles. The van der Waals surface area contributed by atoms with Gasteiger partial charge in [-0.3, -0.25) is 9.59 Å². The maximum absolute atomic E-state index is 12.2. The molecule has 0 fully saturated rings. The number of benzene rings is 3. The largest absolute Gasteiger partial charge is 0.325 e. The molecule has 0 radical (unpaired) electrons. The monoisotopic (exact) mass is 464 g/mol. The normalized spacial score (nSPS) is 10.4. The number of thioether (sulfide) groups is 1. The van der Waals surface area contributed by atoms with Crippen LogP contribution in [0.2, 0.25) is 15.1 Å². The second-order valence-corrected chi connectivity index (χ2v) is 8.34. The average Bonchev–Trinajstić information content (AvgIpc) is 2.66. The minimum absolute atomic E-state index is 0.174. The van der Waals surface area contributed by atoms with Crippen LogP contribution in [0.5, 0.6) is 0 Å². The van der Waals surface area contributed by atoms with Gasteiger partial charge in [0.1, 0.15) is 0 Å². The molecule has 0 unspecified atom stereocenters. The number of amides is 2. The Morgan fingerprint density at radius 1 is 0.759 bits per heavy atom. The lowest BCUT2D eigenvalue weighted by molar-refractivity contribution is -0.113. The second kappa shape index (κ2) is 10.0. The van der Waals surface area contributed by atoms with Crippen LogP contribution in [0.25, 0.3) is 0 Å². The zero-order valence-electron chi connectivity index (χ0n) is 14.9. The fourth-order valence-corrected chi connectivity index (χ4v) is 3.85. The number of nitrogens with one attached hydrogen (secondary N) is 2. The Kier molecular flexibility index (Phi) is 7.45. The van der Waals surface area contributed by atoms with Crippen LogP contribution in [0.1, 0.15) is 10.4 Å². The van der Waals surface area contributed by atoms with Gasteiger partial charge in [0.15, 0.2) is 0 Å². The zero-order chi connectivity index (χ0) is 20.8. The molecule has 2 amide bonds. The van der Waals surface area contributed by atoms with Crippen molar-refractivity contribution in [3.63, 3.8) is 0 Å². The highest BCUT2D eigenvalue weighted by Crippen LogP contribution is 2.24. The molecule has 0 heterocycles. The molecular weight excluding hydrogens is 451 g/mol. The van der Waals surface area contributed by atoms with Crippen LogP contribution >= 0.6 is 46.6 Å². The molecule has 2 N–H and O–H groups in total. The maximum atomic E-state index is 12.2. The second-order valence-electron chi connectivity index (χ2n) is 5.98. The predicted octanol–water partition coefficient (Wildman–Crippen LogP) is 6.63. The molecule has 0 saturated carbocycles. The smallest absolute Gasteiger partial charge is 0.255 e. The Labute approximate surface area is 187 Å². The molecule has 0 aromatic heterocycles. The highest BCUT2D eigenvalue weighted by molar-refractivity contribution is 8.00. The average molecular weight is 466 g/mol. The third kappa shape index (κ3) is 6.68. The highest BCUT2D eigenvalue weighted by Gasteiger charge is 2.08. The summed E-state index contributed by atoms with van der Waals surface area (Å²) in [5, 5.41) is 6.98. The molecule has 29 heavy (non-hydrogen) atoms. The third-order valence-electron chi connectivity index (χ3n) is 3.72. The minimum Gasteiger partial charge on any atom is -0.325 e. The lowest BCUT2D eigenvalue weighted by Gasteiger charge is -2.08. The molecule has 0 aliphatic heterocycles. The molecule has 4 nitrogen and oxygen atoms in total. The van der Waals surface area contributed by atoms with E-state index >= 15 is 0 Å². The van der Waals surface area contributed by atoms with E-state index in [1.54, 1.807) is 54.6 Å². The van der Waals surface area contributed by atoms with Gasteiger partial charge in [0.25, 0.3) is 5.91 Å². The SMILES string of the molecule is O=C(CSc1ccc(NC(=O)c2cccc(Cl)c2)cc1)Nc1cc(Cl)cc(Cl)c1. The fourth-order valence-electron chi connectivity index (χ4n) is 2.44. The molecule has 3 rings (SSSR count). The van der Waals surface area contributed by atoms with Gasteiger partial charge in [-0.05, 0) is 60.7 Å². The van der Waals surface area contributed by atoms with Crippen LogP contribution in [-0.2, 0) is 4.79 Å². The fraction of sp³-hybridized carbons (Fsp3) is 0.0476. The number of carbonyl (C=O) groups excluding carboxylic acids is 2. The Morgan fingerprint density at radius 2 is 1.45 bits per heavy atom. The van der Waals surface area contributed by atoms with E-state index in [4.69, 9.17) is 34.8 Å². The molecule has 0 aliphatic rings. The Hall–Kier alpha value is -2.18. The number of carbonyl (C=O) groups is 2. The molecule has 0 saturated heterocycles. The number of anilines is 2. The van der Waals surface area contributed by atoms with E-state index in [2.05, 4.69) is 10.6 Å². The quantitative estimate of drug-likeness (QED) is 0.402. The summed E-state index contributed by atoms with van der Waals surface area (Å²) in [4.78, 5) is 25.3. The van der Waals surface area contributed by atoms with Gasteiger partial charge in [0.05, 0.1) is 5.75 Å². The van der Waals surface area contributed by atoms with Crippen molar-refractivity contribution in [3.8, 4) is 0 Å². The number of hydrogen-bond acceptors (Lipinski definition) is 3. The first-order chi connectivity index (χ1) is 13.9. The highest BCUT2D eigenvalue weighted by atomic mass is 35.5. The molecule has 0 bridgehead atoms. The number of rotatable bonds is 6. The predicted molar refractivity (Wildman–Crippen MR) is 122 cm³/mol. The third-order valence-corrected chi connectivity index (χ3v) is 5.40. The molecular formula is C21H15Cl3N2O2S. The van der Waals surface area contributed by atoms with Gasteiger partial charge >= 0.3 is 0 Å². The Bertz CT molecular complexity index is 1020. The van der Waals surface area contributed by atoms with Crippen molar-refractivity contribution < 1.29 is 9.59 Å². The van der Waals surface area contributed by atoms with E-state index in [9.17, 15) is 9.59 Å². The molecule has 8 heteroatoms. The van der Waals surface area contributed by atoms with Crippen molar-refractivity contribution in [3.05, 3.63) is 87.4 Å². The van der Waals surface area contributed by atoms with Gasteiger partial charge < -0.3 is 10.6 Å². The van der Waals surface area contributed by atoms with E-state index in [0.29, 0.717) is 32.0 Å². The summed E-state index contributed by atoms with van der Waals surface area (Å²) in [6.07, 6.45) is 0. The molecule has 3 aromatic rings. The lowest BCUT2D eigenvalue weighted by Crippen LogP contribution is -2.14. The minimum atomic E-state index is -0.243. The van der Waals surface area contributed by atoms with E-state index in [-0.39, 0.29) is 17.6 Å². The van der Waals surface area contributed by atoms with Crippen molar-refractivity contribution in [2.75, 3.05) is 16.4 Å². The lowest BCUT2D eigenvalue weighted by atomic mass is 10.2. The van der Waals surface area contributed by atoms with Crippen molar-refractivity contribution in [1.82, 2.24) is 0 Å². The van der Waals surface area contributed by atoms with Crippen molar-refractivity contribution >= 4 is 69.8 Å². The molecule has 0 atom stereocenters. The first-order valence-electron chi connectivity index (χ1n) is 8.45. The van der Waals surface area contributed by atoms with Crippen molar-refractivity contribution in [1.29, 1.82) is 0 Å². The zero-order valence-corrected chi connectivity index (χ0v) is 18.0. The van der Waals surface area contributed by atoms with Crippen LogP contribution in [0.3, 0.4) is 0 Å². The van der Waals surface area contributed by atoms with Gasteiger partial charge in [-0.15, -0.1) is 11.8 Å². The van der Waals surface area contributed by atoms with E-state index in [1.165, 1.54) is 11.8 Å². The van der Waals surface area contributed by atoms with Crippen molar-refractivity contribution in [2.45, 2.75) is 4.90 Å². The van der Waals surface area contributed by atoms with Gasteiger partial charge in [-0.2, -0.15) is 0 Å². The standard InChI is InChI=1S/C21H15Cl3N2O2S/c22-14-3-1-2-13(8-14)21(28)26-17-4-6-19(7-5-17)29-12-20(27)25-18-10-15(23)9-16(24)11-18/h1-11H,12H2,(H,25,27)(H,26,28). The topological polar surface area (TPSA) is 58.2 Å². The summed E-state index contributed by atoms with van der Waals surface area (Å²) in [5.74, 6) is -0.197. The molecule has 3 aromatic carbocycles. The van der Waals surface area contributed by atoms with Gasteiger partial charge in [-0.1, -0.05) is 40.9 Å². The van der Waals surface area contributed by atoms with E-state index in [1.807, 2.05) is 12.1 Å². The summed E-state index contributed by atoms with van der Waals surface area (Å²) in [5.41, 5.74) is 1.68. The van der Waals surface area contributed by atoms with E-state index < -0.39 is 0 Å². The number of halogens is 3. The number of hydrogen-bond donors (Lipinski definition) is 2. The molecule has 148 valence electrons. The van der Waals surface area contributed by atoms with Crippen molar-refractivity contribution in [2.24, 2.45) is 0 Å². The molecule has 0 spiro atoms. The van der Waals surface area contributed by atoms with Crippen LogP contribution in [0.15, 0.2) is 71.6 Å². The van der Waals surface area contributed by atoms with Crippen LogP contribution in [0.4, 0.5) is 11.4 Å². The summed E-state index contributed by atoms with van der Waals surface area (Å²) in [6.45, 7) is 0. The maximum Gasteiger partial charge on any atom is 0.255 e. The first-order valence-corrected chi connectivity index (χ1v) is 10.6.